The van der Waals surface area contributed by atoms with Gasteiger partial charge in [0, 0.05) is 25.8 Å². The number of sulfonamides is 1. The van der Waals surface area contributed by atoms with E-state index in [0.717, 1.165) is 12.8 Å². The van der Waals surface area contributed by atoms with Crippen LogP contribution in [0.1, 0.15) is 24.4 Å². The topological polar surface area (TPSA) is 94.6 Å². The summed E-state index contributed by atoms with van der Waals surface area (Å²) in [5, 5.41) is 0. The number of furan rings is 1. The van der Waals surface area contributed by atoms with Gasteiger partial charge in [0.25, 0.3) is 0 Å². The first-order valence-corrected chi connectivity index (χ1v) is 7.88. The Morgan fingerprint density at radius 2 is 2.11 bits per heavy atom. The fourth-order valence-electron chi connectivity index (χ4n) is 2.15. The maximum Gasteiger partial charge on any atom is 0.244 e. The van der Waals surface area contributed by atoms with Crippen LogP contribution in [0, 0.1) is 12.8 Å². The molecule has 0 aromatic carbocycles. The smallest absolute Gasteiger partial charge is 0.244 e. The Hall–Kier alpha value is -0.890. The van der Waals surface area contributed by atoms with Crippen LogP contribution in [0.2, 0.25) is 0 Å². The van der Waals surface area contributed by atoms with Crippen LogP contribution >= 0.6 is 0 Å². The molecule has 3 N–H and O–H groups in total. The van der Waals surface area contributed by atoms with Crippen LogP contribution in [-0.2, 0) is 21.3 Å². The first kappa shape index (κ1) is 14.5. The summed E-state index contributed by atoms with van der Waals surface area (Å²) in [6.45, 7) is 3.66. The Balaban J connectivity index is 2.02. The quantitative estimate of drug-likeness (QED) is 0.834. The van der Waals surface area contributed by atoms with E-state index >= 15 is 0 Å². The Morgan fingerprint density at radius 1 is 1.42 bits per heavy atom. The van der Waals surface area contributed by atoms with Crippen molar-refractivity contribution in [2.45, 2.75) is 31.2 Å². The van der Waals surface area contributed by atoms with E-state index in [4.69, 9.17) is 14.9 Å². The highest BCUT2D eigenvalue weighted by Gasteiger charge is 2.23. The number of nitrogens with one attached hydrogen (secondary N) is 1. The van der Waals surface area contributed by atoms with E-state index in [2.05, 4.69) is 4.72 Å². The molecule has 108 valence electrons. The molecule has 1 aliphatic heterocycles. The average Bonchev–Trinajstić information content (AvgIpc) is 2.80. The second-order valence-corrected chi connectivity index (χ2v) is 6.48. The molecule has 1 aliphatic rings. The van der Waals surface area contributed by atoms with Gasteiger partial charge in [-0.05, 0) is 25.7 Å². The summed E-state index contributed by atoms with van der Waals surface area (Å²) in [6.07, 6.45) is 1.78. The Bertz CT molecular complexity index is 518. The molecule has 19 heavy (non-hydrogen) atoms. The summed E-state index contributed by atoms with van der Waals surface area (Å²) < 4.78 is 37.5. The summed E-state index contributed by atoms with van der Waals surface area (Å²) in [5.74, 6) is 1.19. The molecule has 6 nitrogen and oxygen atoms in total. The van der Waals surface area contributed by atoms with Crippen molar-refractivity contribution in [3.05, 3.63) is 17.6 Å². The largest absolute Gasteiger partial charge is 0.464 e. The highest BCUT2D eigenvalue weighted by Crippen LogP contribution is 2.20. The summed E-state index contributed by atoms with van der Waals surface area (Å²) in [4.78, 5) is 0.181. The summed E-state index contributed by atoms with van der Waals surface area (Å²) in [6, 6.07) is 1.49. The Morgan fingerprint density at radius 3 is 2.68 bits per heavy atom. The van der Waals surface area contributed by atoms with E-state index in [-0.39, 0.29) is 11.4 Å². The van der Waals surface area contributed by atoms with Gasteiger partial charge in [0.15, 0.2) is 0 Å². The van der Waals surface area contributed by atoms with Crippen molar-refractivity contribution in [2.24, 2.45) is 11.7 Å². The van der Waals surface area contributed by atoms with Crippen LogP contribution < -0.4 is 10.5 Å². The molecule has 7 heteroatoms. The van der Waals surface area contributed by atoms with Gasteiger partial charge >= 0.3 is 0 Å². The third kappa shape index (κ3) is 3.56. The molecule has 0 atom stereocenters. The van der Waals surface area contributed by atoms with E-state index in [0.29, 0.717) is 37.2 Å². The molecule has 0 bridgehead atoms. The molecule has 2 rings (SSSR count). The first-order chi connectivity index (χ1) is 9.03. The van der Waals surface area contributed by atoms with Crippen LogP contribution in [0.15, 0.2) is 15.4 Å². The average molecular weight is 288 g/mol. The van der Waals surface area contributed by atoms with E-state index in [1.807, 2.05) is 0 Å². The van der Waals surface area contributed by atoms with Gasteiger partial charge in [-0.15, -0.1) is 0 Å². The van der Waals surface area contributed by atoms with E-state index in [1.165, 1.54) is 6.07 Å². The van der Waals surface area contributed by atoms with Crippen molar-refractivity contribution >= 4 is 10.0 Å². The number of hydrogen-bond donors (Lipinski definition) is 2. The number of hydrogen-bond acceptors (Lipinski definition) is 5. The normalized spacial score (nSPS) is 17.8. The zero-order chi connectivity index (χ0) is 13.9. The van der Waals surface area contributed by atoms with Gasteiger partial charge < -0.3 is 14.9 Å². The lowest BCUT2D eigenvalue weighted by Gasteiger charge is -2.21. The highest BCUT2D eigenvalue weighted by molar-refractivity contribution is 7.89. The standard InChI is InChI=1S/C12H20N2O4S/c1-9-12(6-11(7-13)18-9)19(15,16)14-8-10-2-4-17-5-3-10/h6,10,14H,2-5,7-8,13H2,1H3. The summed E-state index contributed by atoms with van der Waals surface area (Å²) in [5.41, 5.74) is 5.44. The third-order valence-electron chi connectivity index (χ3n) is 3.32. The van der Waals surface area contributed by atoms with Gasteiger partial charge in [-0.1, -0.05) is 0 Å². The summed E-state index contributed by atoms with van der Waals surface area (Å²) >= 11 is 0. The van der Waals surface area contributed by atoms with Crippen LogP contribution in [0.4, 0.5) is 0 Å². The van der Waals surface area contributed by atoms with Gasteiger partial charge in [-0.25, -0.2) is 13.1 Å². The fraction of sp³-hybridized carbons (Fsp3) is 0.667. The van der Waals surface area contributed by atoms with Crippen molar-refractivity contribution in [1.29, 1.82) is 0 Å². The zero-order valence-corrected chi connectivity index (χ0v) is 11.8. The Labute approximate surface area is 113 Å². The van der Waals surface area contributed by atoms with Crippen molar-refractivity contribution < 1.29 is 17.6 Å². The van der Waals surface area contributed by atoms with Crippen molar-refractivity contribution in [1.82, 2.24) is 4.72 Å². The minimum absolute atomic E-state index is 0.181. The van der Waals surface area contributed by atoms with Crippen molar-refractivity contribution in [2.75, 3.05) is 19.8 Å². The van der Waals surface area contributed by atoms with Gasteiger partial charge in [-0.3, -0.25) is 0 Å². The third-order valence-corrected chi connectivity index (χ3v) is 4.85. The fourth-order valence-corrected chi connectivity index (χ4v) is 3.46. The number of rotatable bonds is 5. The van der Waals surface area contributed by atoms with Crippen molar-refractivity contribution in [3.8, 4) is 0 Å². The molecule has 1 saturated heterocycles. The number of aryl methyl sites for hydroxylation is 1. The molecule has 0 radical (unpaired) electrons. The second-order valence-electron chi connectivity index (χ2n) is 4.74. The molecule has 2 heterocycles. The SMILES string of the molecule is Cc1oc(CN)cc1S(=O)(=O)NCC1CCOCC1. The van der Waals surface area contributed by atoms with Crippen molar-refractivity contribution in [3.63, 3.8) is 0 Å². The Kier molecular flexibility index (Phi) is 4.62. The molecule has 0 aliphatic carbocycles. The predicted molar refractivity (Wildman–Crippen MR) is 70.1 cm³/mol. The second kappa shape index (κ2) is 6.04. The number of nitrogens with two attached hydrogens (primary N) is 1. The molecule has 0 amide bonds. The number of ether oxygens (including phenoxy) is 1. The van der Waals surface area contributed by atoms with E-state index in [9.17, 15) is 8.42 Å². The summed E-state index contributed by atoms with van der Waals surface area (Å²) in [7, 11) is -3.52. The molecule has 0 unspecified atom stereocenters. The maximum atomic E-state index is 12.2. The van der Waals surface area contributed by atoms with E-state index in [1.54, 1.807) is 6.92 Å². The lowest BCUT2D eigenvalue weighted by Crippen LogP contribution is -2.32. The minimum atomic E-state index is -3.52. The van der Waals surface area contributed by atoms with E-state index < -0.39 is 10.0 Å². The molecule has 0 saturated carbocycles. The molecule has 0 spiro atoms. The monoisotopic (exact) mass is 288 g/mol. The molecule has 1 aromatic heterocycles. The lowest BCUT2D eigenvalue weighted by atomic mass is 10.0. The van der Waals surface area contributed by atoms with Gasteiger partial charge in [-0.2, -0.15) is 0 Å². The molecular formula is C12H20N2O4S. The van der Waals surface area contributed by atoms with Crippen LogP contribution in [-0.4, -0.2) is 28.2 Å². The predicted octanol–water partition coefficient (Wildman–Crippen LogP) is 0.752. The minimum Gasteiger partial charge on any atom is -0.464 e. The van der Waals surface area contributed by atoms with Gasteiger partial charge in [0.1, 0.15) is 16.4 Å². The molecule has 1 fully saturated rings. The van der Waals surface area contributed by atoms with Crippen LogP contribution in [0.3, 0.4) is 0 Å². The van der Waals surface area contributed by atoms with Crippen LogP contribution in [0.5, 0.6) is 0 Å². The maximum absolute atomic E-state index is 12.2. The van der Waals surface area contributed by atoms with Gasteiger partial charge in [0.05, 0.1) is 6.54 Å². The lowest BCUT2D eigenvalue weighted by molar-refractivity contribution is 0.0678. The highest BCUT2D eigenvalue weighted by atomic mass is 32.2. The van der Waals surface area contributed by atoms with Crippen LogP contribution in [0.25, 0.3) is 0 Å². The zero-order valence-electron chi connectivity index (χ0n) is 11.0. The van der Waals surface area contributed by atoms with Gasteiger partial charge in [0.2, 0.25) is 10.0 Å². The first-order valence-electron chi connectivity index (χ1n) is 6.39. The molecular weight excluding hydrogens is 268 g/mol. The molecule has 1 aromatic rings.